The largest absolute Gasteiger partial charge is 0.487 e. The number of carbonyl (C=O) groups excluding carboxylic acids is 1. The average Bonchev–Trinajstić information content (AvgIpc) is 2.83. The molecular formula is C14H16N2O3. The van der Waals surface area contributed by atoms with Gasteiger partial charge in [0.15, 0.2) is 0 Å². The van der Waals surface area contributed by atoms with Gasteiger partial charge < -0.3 is 9.47 Å². The number of benzene rings is 1. The molecule has 2 aromatic rings. The highest BCUT2D eigenvalue weighted by Crippen LogP contribution is 2.14. The Morgan fingerprint density at radius 3 is 2.58 bits per heavy atom. The second-order valence-corrected chi connectivity index (χ2v) is 4.01. The zero-order valence-electron chi connectivity index (χ0n) is 11.0. The van der Waals surface area contributed by atoms with Crippen molar-refractivity contribution in [2.75, 3.05) is 6.61 Å². The van der Waals surface area contributed by atoms with Crippen LogP contribution in [0.25, 0.3) is 0 Å². The minimum Gasteiger partial charge on any atom is -0.487 e. The Labute approximate surface area is 111 Å². The first-order valence-corrected chi connectivity index (χ1v) is 6.07. The SMILES string of the molecule is CCOC(=O)c1ccc(OCc2ccn(C)n2)cc1. The highest BCUT2D eigenvalue weighted by molar-refractivity contribution is 5.89. The van der Waals surface area contributed by atoms with E-state index >= 15 is 0 Å². The molecule has 0 radical (unpaired) electrons. The Balaban J connectivity index is 1.93. The van der Waals surface area contributed by atoms with E-state index in [1.165, 1.54) is 0 Å². The van der Waals surface area contributed by atoms with Gasteiger partial charge in [0.2, 0.25) is 0 Å². The zero-order chi connectivity index (χ0) is 13.7. The minimum atomic E-state index is -0.321. The number of nitrogens with zero attached hydrogens (tertiary/aromatic N) is 2. The zero-order valence-corrected chi connectivity index (χ0v) is 11.0. The summed E-state index contributed by atoms with van der Waals surface area (Å²) in [6, 6.07) is 8.76. The van der Waals surface area contributed by atoms with Crippen LogP contribution >= 0.6 is 0 Å². The first-order valence-electron chi connectivity index (χ1n) is 6.07. The van der Waals surface area contributed by atoms with E-state index in [1.807, 2.05) is 19.3 Å². The van der Waals surface area contributed by atoms with Crippen LogP contribution in [0.1, 0.15) is 23.0 Å². The molecule has 0 spiro atoms. The smallest absolute Gasteiger partial charge is 0.338 e. The van der Waals surface area contributed by atoms with Crippen LogP contribution in [0.15, 0.2) is 36.5 Å². The number of carbonyl (C=O) groups is 1. The Kier molecular flexibility index (Phi) is 4.18. The first-order chi connectivity index (χ1) is 9.19. The summed E-state index contributed by atoms with van der Waals surface area (Å²) in [6.45, 7) is 2.55. The molecule has 0 N–H and O–H groups in total. The van der Waals surface area contributed by atoms with Gasteiger partial charge in [0, 0.05) is 13.2 Å². The molecular weight excluding hydrogens is 244 g/mol. The normalized spacial score (nSPS) is 10.2. The van der Waals surface area contributed by atoms with Crippen molar-refractivity contribution in [3.63, 3.8) is 0 Å². The van der Waals surface area contributed by atoms with Gasteiger partial charge in [0.25, 0.3) is 0 Å². The summed E-state index contributed by atoms with van der Waals surface area (Å²) < 4.78 is 12.2. The molecule has 5 heteroatoms. The summed E-state index contributed by atoms with van der Waals surface area (Å²) in [5.74, 6) is 0.373. The van der Waals surface area contributed by atoms with Gasteiger partial charge in [0.1, 0.15) is 12.4 Å². The maximum absolute atomic E-state index is 11.5. The second-order valence-electron chi connectivity index (χ2n) is 4.01. The molecule has 0 atom stereocenters. The van der Waals surface area contributed by atoms with E-state index in [1.54, 1.807) is 35.9 Å². The minimum absolute atomic E-state index is 0.321. The highest BCUT2D eigenvalue weighted by Gasteiger charge is 2.06. The van der Waals surface area contributed by atoms with Gasteiger partial charge in [-0.05, 0) is 37.3 Å². The van der Waals surface area contributed by atoms with Crippen LogP contribution in [0.4, 0.5) is 0 Å². The Hall–Kier alpha value is -2.30. The Morgan fingerprint density at radius 2 is 2.00 bits per heavy atom. The van der Waals surface area contributed by atoms with Crippen LogP contribution in [0.5, 0.6) is 5.75 Å². The summed E-state index contributed by atoms with van der Waals surface area (Å²) in [5, 5.41) is 4.21. The molecule has 1 aromatic heterocycles. The van der Waals surface area contributed by atoms with E-state index in [0.717, 1.165) is 5.69 Å². The van der Waals surface area contributed by atoms with E-state index in [4.69, 9.17) is 9.47 Å². The molecule has 0 aliphatic heterocycles. The summed E-state index contributed by atoms with van der Waals surface area (Å²) in [4.78, 5) is 11.5. The summed E-state index contributed by atoms with van der Waals surface area (Å²) in [6.07, 6.45) is 1.86. The fourth-order valence-electron chi connectivity index (χ4n) is 1.60. The highest BCUT2D eigenvalue weighted by atomic mass is 16.5. The fourth-order valence-corrected chi connectivity index (χ4v) is 1.60. The lowest BCUT2D eigenvalue weighted by atomic mass is 10.2. The molecule has 0 bridgehead atoms. The van der Waals surface area contributed by atoms with E-state index < -0.39 is 0 Å². The molecule has 5 nitrogen and oxygen atoms in total. The maximum Gasteiger partial charge on any atom is 0.338 e. The van der Waals surface area contributed by atoms with E-state index in [0.29, 0.717) is 24.5 Å². The van der Waals surface area contributed by atoms with Crippen LogP contribution < -0.4 is 4.74 Å². The number of hydrogen-bond acceptors (Lipinski definition) is 4. The number of esters is 1. The van der Waals surface area contributed by atoms with Crippen LogP contribution in [0.2, 0.25) is 0 Å². The molecule has 0 unspecified atom stereocenters. The Bertz CT molecular complexity index is 546. The van der Waals surface area contributed by atoms with Crippen molar-refractivity contribution >= 4 is 5.97 Å². The predicted molar refractivity (Wildman–Crippen MR) is 69.9 cm³/mol. The maximum atomic E-state index is 11.5. The number of ether oxygens (including phenoxy) is 2. The van der Waals surface area contributed by atoms with Crippen LogP contribution in [0, 0.1) is 0 Å². The van der Waals surface area contributed by atoms with Crippen LogP contribution in [-0.2, 0) is 18.4 Å². The van der Waals surface area contributed by atoms with E-state index in [2.05, 4.69) is 5.10 Å². The molecule has 0 amide bonds. The lowest BCUT2D eigenvalue weighted by molar-refractivity contribution is 0.0526. The molecule has 0 aliphatic rings. The molecule has 0 saturated heterocycles. The third-order valence-corrected chi connectivity index (χ3v) is 2.52. The third-order valence-electron chi connectivity index (χ3n) is 2.52. The quantitative estimate of drug-likeness (QED) is 0.773. The van der Waals surface area contributed by atoms with Crippen molar-refractivity contribution in [3.05, 3.63) is 47.8 Å². The van der Waals surface area contributed by atoms with E-state index in [-0.39, 0.29) is 5.97 Å². The van der Waals surface area contributed by atoms with Crippen LogP contribution in [-0.4, -0.2) is 22.4 Å². The van der Waals surface area contributed by atoms with Gasteiger partial charge in [0.05, 0.1) is 17.9 Å². The van der Waals surface area contributed by atoms with Crippen molar-refractivity contribution in [3.8, 4) is 5.75 Å². The Morgan fingerprint density at radius 1 is 1.26 bits per heavy atom. The van der Waals surface area contributed by atoms with Crippen molar-refractivity contribution in [2.24, 2.45) is 7.05 Å². The topological polar surface area (TPSA) is 53.4 Å². The second kappa shape index (κ2) is 6.04. The molecule has 2 rings (SSSR count). The number of aryl methyl sites for hydroxylation is 1. The standard InChI is InChI=1S/C14H16N2O3/c1-3-18-14(17)11-4-6-13(7-5-11)19-10-12-8-9-16(2)15-12/h4-9H,3,10H2,1-2H3. The number of hydrogen-bond donors (Lipinski definition) is 0. The van der Waals surface area contributed by atoms with Crippen molar-refractivity contribution < 1.29 is 14.3 Å². The van der Waals surface area contributed by atoms with Gasteiger partial charge in [-0.3, -0.25) is 4.68 Å². The summed E-state index contributed by atoms with van der Waals surface area (Å²) in [5.41, 5.74) is 1.38. The summed E-state index contributed by atoms with van der Waals surface area (Å²) >= 11 is 0. The third kappa shape index (κ3) is 3.58. The molecule has 19 heavy (non-hydrogen) atoms. The van der Waals surface area contributed by atoms with Gasteiger partial charge in [-0.2, -0.15) is 5.10 Å². The molecule has 1 aromatic carbocycles. The van der Waals surface area contributed by atoms with Gasteiger partial charge >= 0.3 is 5.97 Å². The molecule has 0 aliphatic carbocycles. The number of rotatable bonds is 5. The number of aromatic nitrogens is 2. The van der Waals surface area contributed by atoms with Crippen LogP contribution in [0.3, 0.4) is 0 Å². The lowest BCUT2D eigenvalue weighted by Gasteiger charge is -2.05. The first kappa shape index (κ1) is 13.1. The molecule has 0 saturated carbocycles. The van der Waals surface area contributed by atoms with Gasteiger partial charge in [-0.1, -0.05) is 0 Å². The fraction of sp³-hybridized carbons (Fsp3) is 0.286. The van der Waals surface area contributed by atoms with Gasteiger partial charge in [-0.25, -0.2) is 4.79 Å². The van der Waals surface area contributed by atoms with E-state index in [9.17, 15) is 4.79 Å². The lowest BCUT2D eigenvalue weighted by Crippen LogP contribution is -2.04. The van der Waals surface area contributed by atoms with Gasteiger partial charge in [-0.15, -0.1) is 0 Å². The molecule has 100 valence electrons. The van der Waals surface area contributed by atoms with Crippen molar-refractivity contribution in [1.82, 2.24) is 9.78 Å². The van der Waals surface area contributed by atoms with Crippen molar-refractivity contribution in [2.45, 2.75) is 13.5 Å². The molecule has 1 heterocycles. The summed E-state index contributed by atoms with van der Waals surface area (Å²) in [7, 11) is 1.86. The predicted octanol–water partition coefficient (Wildman–Crippen LogP) is 2.18. The monoisotopic (exact) mass is 260 g/mol. The molecule has 0 fully saturated rings. The average molecular weight is 260 g/mol. The van der Waals surface area contributed by atoms with Crippen molar-refractivity contribution in [1.29, 1.82) is 0 Å².